The number of carbonyl (C=O) groups excluding carboxylic acids is 1. The van der Waals surface area contributed by atoms with Gasteiger partial charge in [-0.25, -0.2) is 4.99 Å². The van der Waals surface area contributed by atoms with Crippen LogP contribution in [0.4, 0.5) is 5.69 Å². The Morgan fingerprint density at radius 3 is 2.50 bits per heavy atom. The molecule has 0 heterocycles. The summed E-state index contributed by atoms with van der Waals surface area (Å²) in [6.45, 7) is 6.31. The Hall–Kier alpha value is -2.04. The molecule has 0 aromatic heterocycles. The Morgan fingerprint density at radius 1 is 1.20 bits per heavy atom. The molecule has 110 valence electrons. The zero-order chi connectivity index (χ0) is 15.0. The lowest BCUT2D eigenvalue weighted by atomic mass is 10.2. The summed E-state index contributed by atoms with van der Waals surface area (Å²) >= 11 is 0. The van der Waals surface area contributed by atoms with Gasteiger partial charge in [-0.05, 0) is 32.9 Å². The van der Waals surface area contributed by atoms with Crippen molar-refractivity contribution in [2.45, 2.75) is 27.2 Å². The minimum atomic E-state index is -0.347. The van der Waals surface area contributed by atoms with E-state index in [9.17, 15) is 4.79 Å². The predicted octanol–water partition coefficient (Wildman–Crippen LogP) is 3.02. The van der Waals surface area contributed by atoms with Gasteiger partial charge in [-0.3, -0.25) is 4.79 Å². The van der Waals surface area contributed by atoms with Crippen LogP contribution in [0.15, 0.2) is 23.2 Å². The molecule has 1 aromatic rings. The topological polar surface area (TPSA) is 57.1 Å². The Labute approximate surface area is 119 Å². The van der Waals surface area contributed by atoms with Crippen molar-refractivity contribution >= 4 is 17.6 Å². The van der Waals surface area contributed by atoms with Crippen LogP contribution in [0, 0.1) is 6.92 Å². The number of hydrogen-bond donors (Lipinski definition) is 0. The second kappa shape index (κ2) is 8.19. The Morgan fingerprint density at radius 2 is 1.90 bits per heavy atom. The van der Waals surface area contributed by atoms with Crippen molar-refractivity contribution in [1.82, 2.24) is 0 Å². The van der Waals surface area contributed by atoms with E-state index in [-0.39, 0.29) is 12.4 Å². The Balaban J connectivity index is 2.98. The average molecular weight is 279 g/mol. The van der Waals surface area contributed by atoms with Gasteiger partial charge in [-0.1, -0.05) is 6.07 Å². The van der Waals surface area contributed by atoms with Crippen molar-refractivity contribution in [3.63, 3.8) is 0 Å². The van der Waals surface area contributed by atoms with Gasteiger partial charge in [0, 0.05) is 5.56 Å². The van der Waals surface area contributed by atoms with Gasteiger partial charge in [0.25, 0.3) is 0 Å². The second-order valence-electron chi connectivity index (χ2n) is 4.02. The zero-order valence-electron chi connectivity index (χ0n) is 12.4. The highest BCUT2D eigenvalue weighted by Crippen LogP contribution is 2.27. The van der Waals surface area contributed by atoms with E-state index in [1.807, 2.05) is 32.0 Å². The second-order valence-corrected chi connectivity index (χ2v) is 4.02. The monoisotopic (exact) mass is 279 g/mol. The minimum absolute atomic E-state index is 0.0261. The number of hydrogen-bond acceptors (Lipinski definition) is 5. The molecular weight excluding hydrogens is 258 g/mol. The number of carbonyl (C=O) groups is 1. The minimum Gasteiger partial charge on any atom is -0.496 e. The zero-order valence-corrected chi connectivity index (χ0v) is 12.4. The SMILES string of the molecule is CCOC(=O)CC(=Nc1cccc(OC)c1C)OCC. The van der Waals surface area contributed by atoms with Crippen molar-refractivity contribution in [3.05, 3.63) is 23.8 Å². The van der Waals surface area contributed by atoms with Crippen LogP contribution in [0.2, 0.25) is 0 Å². The van der Waals surface area contributed by atoms with Gasteiger partial charge in [0.2, 0.25) is 0 Å². The first-order chi connectivity index (χ1) is 9.62. The first-order valence-electron chi connectivity index (χ1n) is 6.61. The number of rotatable bonds is 6. The Kier molecular flexibility index (Phi) is 6.56. The van der Waals surface area contributed by atoms with Crippen LogP contribution >= 0.6 is 0 Å². The van der Waals surface area contributed by atoms with Crippen LogP contribution in [-0.4, -0.2) is 32.2 Å². The Bertz CT molecular complexity index is 483. The quantitative estimate of drug-likeness (QED) is 0.456. The number of esters is 1. The summed E-state index contributed by atoms with van der Waals surface area (Å²) in [6, 6.07) is 5.56. The third-order valence-electron chi connectivity index (χ3n) is 2.63. The molecule has 1 aromatic carbocycles. The van der Waals surface area contributed by atoms with Crippen molar-refractivity contribution in [3.8, 4) is 5.75 Å². The van der Waals surface area contributed by atoms with Gasteiger partial charge in [-0.15, -0.1) is 0 Å². The largest absolute Gasteiger partial charge is 0.496 e. The number of aliphatic imine (C=N–C) groups is 1. The van der Waals surface area contributed by atoms with E-state index in [1.165, 1.54) is 0 Å². The fourth-order valence-electron chi connectivity index (χ4n) is 1.70. The lowest BCUT2D eigenvalue weighted by Crippen LogP contribution is -2.14. The lowest BCUT2D eigenvalue weighted by molar-refractivity contribution is -0.141. The lowest BCUT2D eigenvalue weighted by Gasteiger charge is -2.10. The molecule has 0 amide bonds. The van der Waals surface area contributed by atoms with E-state index in [0.717, 1.165) is 17.0 Å². The molecule has 0 unspecified atom stereocenters. The molecule has 0 fully saturated rings. The highest BCUT2D eigenvalue weighted by atomic mass is 16.5. The molecule has 5 heteroatoms. The first kappa shape index (κ1) is 16.0. The van der Waals surface area contributed by atoms with Crippen molar-refractivity contribution in [2.24, 2.45) is 4.99 Å². The van der Waals surface area contributed by atoms with E-state index in [0.29, 0.717) is 19.1 Å². The molecule has 0 saturated heterocycles. The maximum atomic E-state index is 11.5. The molecule has 1 rings (SSSR count). The van der Waals surface area contributed by atoms with Crippen molar-refractivity contribution < 1.29 is 19.0 Å². The van der Waals surface area contributed by atoms with E-state index in [2.05, 4.69) is 4.99 Å². The number of benzene rings is 1. The van der Waals surface area contributed by atoms with Crippen molar-refractivity contribution in [2.75, 3.05) is 20.3 Å². The molecule has 0 bridgehead atoms. The van der Waals surface area contributed by atoms with Crippen LogP contribution in [0.5, 0.6) is 5.75 Å². The maximum Gasteiger partial charge on any atom is 0.315 e. The van der Waals surface area contributed by atoms with Crippen LogP contribution < -0.4 is 4.74 Å². The molecule has 0 aliphatic heterocycles. The summed E-state index contributed by atoms with van der Waals surface area (Å²) in [7, 11) is 1.61. The predicted molar refractivity (Wildman–Crippen MR) is 77.7 cm³/mol. The van der Waals surface area contributed by atoms with Gasteiger partial charge in [0.1, 0.15) is 12.2 Å². The number of ether oxygens (including phenoxy) is 3. The fraction of sp³-hybridized carbons (Fsp3) is 0.467. The summed E-state index contributed by atoms with van der Waals surface area (Å²) in [4.78, 5) is 15.9. The summed E-state index contributed by atoms with van der Waals surface area (Å²) in [5.41, 5.74) is 1.62. The molecule has 0 spiro atoms. The third kappa shape index (κ3) is 4.57. The molecule has 0 aliphatic carbocycles. The molecular formula is C15H21NO4. The van der Waals surface area contributed by atoms with Crippen LogP contribution in [0.3, 0.4) is 0 Å². The number of methoxy groups -OCH3 is 1. The average Bonchev–Trinajstić information content (AvgIpc) is 2.41. The van der Waals surface area contributed by atoms with E-state index in [1.54, 1.807) is 14.0 Å². The summed E-state index contributed by atoms with van der Waals surface area (Å²) in [6.07, 6.45) is 0.0261. The summed E-state index contributed by atoms with van der Waals surface area (Å²) in [5, 5.41) is 0. The third-order valence-corrected chi connectivity index (χ3v) is 2.63. The van der Waals surface area contributed by atoms with Crippen molar-refractivity contribution in [1.29, 1.82) is 0 Å². The molecule has 0 N–H and O–H groups in total. The van der Waals surface area contributed by atoms with Gasteiger partial charge in [0.05, 0.1) is 26.0 Å². The van der Waals surface area contributed by atoms with E-state index in [4.69, 9.17) is 14.2 Å². The van der Waals surface area contributed by atoms with Gasteiger partial charge in [0.15, 0.2) is 5.90 Å². The van der Waals surface area contributed by atoms with Gasteiger partial charge in [-0.2, -0.15) is 0 Å². The molecule has 0 saturated carbocycles. The number of nitrogens with zero attached hydrogens (tertiary/aromatic N) is 1. The molecule has 20 heavy (non-hydrogen) atoms. The normalized spacial score (nSPS) is 11.1. The fourth-order valence-corrected chi connectivity index (χ4v) is 1.70. The van der Waals surface area contributed by atoms with Gasteiger partial charge < -0.3 is 14.2 Å². The molecule has 0 aliphatic rings. The van der Waals surface area contributed by atoms with Gasteiger partial charge >= 0.3 is 5.97 Å². The smallest absolute Gasteiger partial charge is 0.315 e. The standard InChI is InChI=1S/C15H21NO4/c1-5-19-14(10-15(17)20-6-2)16-12-8-7-9-13(18-4)11(12)3/h7-9H,5-6,10H2,1-4H3. The maximum absolute atomic E-state index is 11.5. The summed E-state index contributed by atoms with van der Waals surface area (Å²) in [5.74, 6) is 0.751. The molecule has 5 nitrogen and oxygen atoms in total. The van der Waals surface area contributed by atoms with Crippen LogP contribution in [-0.2, 0) is 14.3 Å². The summed E-state index contributed by atoms with van der Waals surface area (Å²) < 4.78 is 15.6. The molecule has 0 radical (unpaired) electrons. The highest BCUT2D eigenvalue weighted by molar-refractivity contribution is 5.95. The molecule has 0 atom stereocenters. The highest BCUT2D eigenvalue weighted by Gasteiger charge is 2.11. The van der Waals surface area contributed by atoms with Crippen LogP contribution in [0.1, 0.15) is 25.8 Å². The first-order valence-corrected chi connectivity index (χ1v) is 6.61. The van der Waals surface area contributed by atoms with E-state index < -0.39 is 0 Å². The van der Waals surface area contributed by atoms with E-state index >= 15 is 0 Å². The van der Waals surface area contributed by atoms with Crippen LogP contribution in [0.25, 0.3) is 0 Å².